The number of rotatable bonds is 2. The molecule has 3 heteroatoms. The average Bonchev–Trinajstić information content (AvgIpc) is 3.74. The van der Waals surface area contributed by atoms with Crippen molar-refractivity contribution >= 4 is 15.4 Å². The normalized spacial score (nSPS) is 15.2. The van der Waals surface area contributed by atoms with Crippen molar-refractivity contribution in [2.75, 3.05) is 0 Å². The first-order valence-electron chi connectivity index (χ1n) is 15.3. The van der Waals surface area contributed by atoms with Gasteiger partial charge in [0.15, 0.2) is 0 Å². The Morgan fingerprint density at radius 2 is 1.48 bits per heavy atom. The van der Waals surface area contributed by atoms with Gasteiger partial charge in [-0.15, -0.1) is 11.6 Å². The van der Waals surface area contributed by atoms with Gasteiger partial charge in [-0.2, -0.15) is 29.3 Å². The van der Waals surface area contributed by atoms with E-state index in [1.807, 2.05) is 0 Å². The molecule has 0 bridgehead atoms. The van der Waals surface area contributed by atoms with E-state index in [1.165, 1.54) is 86.3 Å². The minimum Gasteiger partial charge on any atom is -1.00 e. The van der Waals surface area contributed by atoms with Crippen molar-refractivity contribution in [2.45, 2.75) is 84.5 Å². The summed E-state index contributed by atoms with van der Waals surface area (Å²) in [5.41, 5.74) is 14.8. The van der Waals surface area contributed by atoms with Crippen LogP contribution in [0, 0.1) is 6.08 Å². The summed E-state index contributed by atoms with van der Waals surface area (Å²) in [6.07, 6.45) is 12.5. The summed E-state index contributed by atoms with van der Waals surface area (Å²) in [5, 5.41) is 0. The fourth-order valence-corrected chi connectivity index (χ4v) is 6.53. The number of fused-ring (bicyclic) bond motifs is 5. The number of hydrogen-bond donors (Lipinski definition) is 0. The molecule has 3 aliphatic carbocycles. The zero-order valence-electron chi connectivity index (χ0n) is 27.4. The van der Waals surface area contributed by atoms with Crippen LogP contribution in [0.3, 0.4) is 0 Å². The smallest absolute Gasteiger partial charge is 1.00 e. The van der Waals surface area contributed by atoms with Gasteiger partial charge in [-0.3, -0.25) is 6.08 Å². The second kappa shape index (κ2) is 14.1. The van der Waals surface area contributed by atoms with Gasteiger partial charge in [-0.1, -0.05) is 83.6 Å². The SMILES string of the molecule is CC(C)(C)c1cc[cH-]c1.CC1(C)[C-]=Cc2cc3c(cc21)Cc1cc2c(cc1-3)C=CC2(C)C.CC[C](=[Zr+2])c1ccccc1.[Cl-].[Cl-]. The predicted octanol–water partition coefficient (Wildman–Crippen LogP) is 4.54. The van der Waals surface area contributed by atoms with E-state index in [1.54, 1.807) is 3.21 Å². The summed E-state index contributed by atoms with van der Waals surface area (Å²) in [5.74, 6) is 0. The van der Waals surface area contributed by atoms with Gasteiger partial charge in [0.2, 0.25) is 0 Å². The van der Waals surface area contributed by atoms with Crippen LogP contribution in [0.25, 0.3) is 23.3 Å². The second-order valence-electron chi connectivity index (χ2n) is 14.0. The first kappa shape index (κ1) is 36.3. The maximum atomic E-state index is 3.50. The number of halogens is 2. The molecule has 3 aliphatic rings. The fraction of sp³-hybridized carbons (Fsp3) is 0.317. The molecule has 0 saturated heterocycles. The molecule has 0 aromatic heterocycles. The molecule has 228 valence electrons. The first-order chi connectivity index (χ1) is 19.8. The third-order valence-electron chi connectivity index (χ3n) is 8.86. The maximum Gasteiger partial charge on any atom is -1.00 e. The third kappa shape index (κ3) is 7.61. The maximum absolute atomic E-state index is 3.50. The molecule has 4 aromatic rings. The van der Waals surface area contributed by atoms with Crippen molar-refractivity contribution in [3.8, 4) is 11.1 Å². The van der Waals surface area contributed by atoms with Gasteiger partial charge in [-0.25, -0.2) is 12.1 Å². The molecule has 0 fully saturated rings. The molecule has 0 heterocycles. The summed E-state index contributed by atoms with van der Waals surface area (Å²) in [7, 11) is 0. The number of hydrogen-bond acceptors (Lipinski definition) is 0. The van der Waals surface area contributed by atoms with E-state index in [9.17, 15) is 0 Å². The van der Waals surface area contributed by atoms with Gasteiger partial charge >= 0.3 is 76.7 Å². The van der Waals surface area contributed by atoms with Crippen LogP contribution in [0.1, 0.15) is 106 Å². The number of allylic oxidation sites excluding steroid dienone is 2. The minimum absolute atomic E-state index is 0. The van der Waals surface area contributed by atoms with E-state index in [-0.39, 0.29) is 35.6 Å². The molecule has 0 amide bonds. The van der Waals surface area contributed by atoms with E-state index in [0.717, 1.165) is 6.42 Å². The van der Waals surface area contributed by atoms with Crippen LogP contribution in [0.2, 0.25) is 0 Å². The van der Waals surface area contributed by atoms with Gasteiger partial charge in [0.05, 0.1) is 0 Å². The molecule has 0 radical (unpaired) electrons. The summed E-state index contributed by atoms with van der Waals surface area (Å²) in [6.45, 7) is 18.0. The molecule has 0 aliphatic heterocycles. The van der Waals surface area contributed by atoms with E-state index in [2.05, 4.69) is 159 Å². The Kier molecular flexibility index (Phi) is 11.6. The van der Waals surface area contributed by atoms with Crippen LogP contribution in [0.4, 0.5) is 0 Å². The Labute approximate surface area is 293 Å². The molecule has 0 nitrogen and oxygen atoms in total. The van der Waals surface area contributed by atoms with Crippen LogP contribution < -0.4 is 24.8 Å². The second-order valence-corrected chi connectivity index (χ2v) is 15.4. The average molecular weight is 699 g/mol. The Morgan fingerprint density at radius 3 is 2.02 bits per heavy atom. The number of benzene rings is 3. The molecule has 0 saturated carbocycles. The van der Waals surface area contributed by atoms with Crippen molar-refractivity contribution in [1.82, 2.24) is 0 Å². The zero-order valence-corrected chi connectivity index (χ0v) is 31.4. The van der Waals surface area contributed by atoms with Crippen molar-refractivity contribution in [3.63, 3.8) is 0 Å². The van der Waals surface area contributed by atoms with Crippen LogP contribution >= 0.6 is 0 Å². The summed E-state index contributed by atoms with van der Waals surface area (Å²) >= 11 is 1.54. The summed E-state index contributed by atoms with van der Waals surface area (Å²) in [4.78, 5) is 0. The van der Waals surface area contributed by atoms with Gasteiger partial charge in [0, 0.05) is 5.41 Å². The Morgan fingerprint density at radius 1 is 0.864 bits per heavy atom. The predicted molar refractivity (Wildman–Crippen MR) is 179 cm³/mol. The first-order valence-corrected chi connectivity index (χ1v) is 16.5. The van der Waals surface area contributed by atoms with Gasteiger partial charge in [0.25, 0.3) is 0 Å². The van der Waals surface area contributed by atoms with E-state index < -0.39 is 0 Å². The Balaban J connectivity index is 0.000000211. The standard InChI is InChI=1S/C23H21.C9H13.C9H10.2ClH.Zr/c1-22(2)7-5-14-10-18-16(12-20(14)22)9-17-13-21-15(11-19(17)18)6-8-23(21,3)4;1-9(2,3)8-6-4-5-7-8;1-2-6-9-7-4-3-5-8-9;;;/h5-7,10-13H,9H2,1-4H3;4-7H,1-3H3;3-5,7-8H,2H2,1H3;2*1H;/q2*-1;;;;+2/p-2. The third-order valence-corrected chi connectivity index (χ3v) is 10.4. The van der Waals surface area contributed by atoms with Crippen LogP contribution in [-0.2, 0) is 46.9 Å². The Bertz CT molecular complexity index is 1580. The van der Waals surface area contributed by atoms with Crippen molar-refractivity contribution < 1.29 is 49.0 Å². The molecule has 0 unspecified atom stereocenters. The molecule has 0 N–H and O–H groups in total. The molecular formula is C41H44Cl2Zr-2. The zero-order chi connectivity index (χ0) is 30.3. The largest absolute Gasteiger partial charge is 1.00 e. The molecular weight excluding hydrogens is 655 g/mol. The molecule has 0 atom stereocenters. The molecule has 0 spiro atoms. The van der Waals surface area contributed by atoms with Crippen molar-refractivity contribution in [3.05, 3.63) is 136 Å². The monoisotopic (exact) mass is 696 g/mol. The van der Waals surface area contributed by atoms with Crippen LogP contribution in [0.5, 0.6) is 0 Å². The van der Waals surface area contributed by atoms with Gasteiger partial charge < -0.3 is 24.8 Å². The van der Waals surface area contributed by atoms with Crippen molar-refractivity contribution in [1.29, 1.82) is 0 Å². The van der Waals surface area contributed by atoms with Crippen LogP contribution in [-0.4, -0.2) is 3.21 Å². The minimum atomic E-state index is 0. The molecule has 44 heavy (non-hydrogen) atoms. The summed E-state index contributed by atoms with van der Waals surface area (Å²) in [6, 6.07) is 28.8. The van der Waals surface area contributed by atoms with Gasteiger partial charge in [0.1, 0.15) is 0 Å². The topological polar surface area (TPSA) is 0 Å². The quantitative estimate of drug-likeness (QED) is 0.238. The fourth-order valence-electron chi connectivity index (χ4n) is 6.12. The molecule has 4 aromatic carbocycles. The van der Waals surface area contributed by atoms with Gasteiger partial charge in [-0.05, 0) is 45.9 Å². The summed E-state index contributed by atoms with van der Waals surface area (Å²) < 4.78 is 1.55. The van der Waals surface area contributed by atoms with E-state index in [0.29, 0.717) is 5.41 Å². The molecule has 7 rings (SSSR count). The van der Waals surface area contributed by atoms with Crippen LogP contribution in [0.15, 0.2) is 84.9 Å². The van der Waals surface area contributed by atoms with E-state index >= 15 is 0 Å². The Hall–Kier alpha value is -2.18. The van der Waals surface area contributed by atoms with Crippen molar-refractivity contribution in [2.24, 2.45) is 0 Å². The van der Waals surface area contributed by atoms with E-state index in [4.69, 9.17) is 0 Å².